The van der Waals surface area contributed by atoms with Gasteiger partial charge in [0.05, 0.1) is 34.9 Å². The Hall–Kier alpha value is -1.94. The number of nitrogens with one attached hydrogen (secondary N) is 1. The Morgan fingerprint density at radius 1 is 1.21 bits per heavy atom. The molecule has 0 bridgehead atoms. The van der Waals surface area contributed by atoms with E-state index in [0.29, 0.717) is 31.9 Å². The fraction of sp³-hybridized carbons (Fsp3) is 0.389. The van der Waals surface area contributed by atoms with Gasteiger partial charge in [-0.2, -0.15) is 13.2 Å². The van der Waals surface area contributed by atoms with Gasteiger partial charge < -0.3 is 10.1 Å². The Kier molecular flexibility index (Phi) is 6.94. The molecule has 3 rings (SSSR count). The number of halogens is 5. The van der Waals surface area contributed by atoms with Crippen LogP contribution in [-0.4, -0.2) is 53.6 Å². The van der Waals surface area contributed by atoms with Gasteiger partial charge in [-0.1, -0.05) is 29.3 Å². The predicted octanol–water partition coefficient (Wildman–Crippen LogP) is 3.61. The van der Waals surface area contributed by atoms with Gasteiger partial charge in [0.25, 0.3) is 5.91 Å². The van der Waals surface area contributed by atoms with E-state index in [1.54, 1.807) is 12.1 Å². The van der Waals surface area contributed by atoms with Crippen molar-refractivity contribution in [2.45, 2.75) is 12.2 Å². The van der Waals surface area contributed by atoms with E-state index >= 15 is 0 Å². The first-order valence-electron chi connectivity index (χ1n) is 8.70. The van der Waals surface area contributed by atoms with Gasteiger partial charge in [0.1, 0.15) is 0 Å². The summed E-state index contributed by atoms with van der Waals surface area (Å²) in [5.41, 5.74) is 0.668. The molecule has 1 fully saturated rings. The number of ether oxygens (including phenoxy) is 1. The van der Waals surface area contributed by atoms with Gasteiger partial charge in [0.2, 0.25) is 5.82 Å². The van der Waals surface area contributed by atoms with E-state index in [0.717, 1.165) is 12.4 Å². The number of morpholine rings is 1. The Balaban J connectivity index is 1.79. The van der Waals surface area contributed by atoms with Crippen LogP contribution in [0.5, 0.6) is 0 Å². The fourth-order valence-electron chi connectivity index (χ4n) is 2.97. The second kappa shape index (κ2) is 9.25. The van der Waals surface area contributed by atoms with Crippen molar-refractivity contribution in [2.75, 3.05) is 32.8 Å². The third-order valence-electron chi connectivity index (χ3n) is 4.45. The Morgan fingerprint density at radius 2 is 1.86 bits per heavy atom. The minimum atomic E-state index is -4.62. The quantitative estimate of drug-likeness (QED) is 0.756. The van der Waals surface area contributed by atoms with Gasteiger partial charge in [-0.15, -0.1) is 0 Å². The van der Waals surface area contributed by atoms with Crippen LogP contribution in [0.4, 0.5) is 13.2 Å². The SMILES string of the molecule is O=C(NCC(c1cnc(C(F)(F)F)nc1)N1CCOCC1)c1cccc(Cl)c1Cl. The molecule has 0 spiro atoms. The lowest BCUT2D eigenvalue weighted by Crippen LogP contribution is -2.44. The van der Waals surface area contributed by atoms with Crippen molar-refractivity contribution < 1.29 is 22.7 Å². The molecule has 2 heterocycles. The first-order valence-corrected chi connectivity index (χ1v) is 9.46. The van der Waals surface area contributed by atoms with E-state index < -0.39 is 23.9 Å². The summed E-state index contributed by atoms with van der Waals surface area (Å²) in [6.07, 6.45) is -2.35. The summed E-state index contributed by atoms with van der Waals surface area (Å²) in [7, 11) is 0. The highest BCUT2D eigenvalue weighted by Crippen LogP contribution is 2.28. The fourth-order valence-corrected chi connectivity index (χ4v) is 3.35. The molecule has 1 saturated heterocycles. The van der Waals surface area contributed by atoms with Crippen molar-refractivity contribution >= 4 is 29.1 Å². The van der Waals surface area contributed by atoms with E-state index in [9.17, 15) is 18.0 Å². The molecule has 0 radical (unpaired) electrons. The maximum Gasteiger partial charge on any atom is 0.451 e. The van der Waals surface area contributed by atoms with E-state index in [1.165, 1.54) is 6.07 Å². The average Bonchev–Trinajstić information content (AvgIpc) is 2.70. The zero-order chi connectivity index (χ0) is 21.0. The lowest BCUT2D eigenvalue weighted by molar-refractivity contribution is -0.145. The van der Waals surface area contributed by atoms with Crippen LogP contribution in [0.1, 0.15) is 27.8 Å². The van der Waals surface area contributed by atoms with Gasteiger partial charge in [-0.05, 0) is 12.1 Å². The van der Waals surface area contributed by atoms with Crippen LogP contribution in [0.15, 0.2) is 30.6 Å². The first-order chi connectivity index (χ1) is 13.8. The largest absolute Gasteiger partial charge is 0.451 e. The number of alkyl halides is 3. The standard InChI is InChI=1S/C18H17Cl2F3N4O2/c19-13-3-1-2-12(15(13)20)16(28)24-10-14(27-4-6-29-7-5-27)11-8-25-17(26-9-11)18(21,22)23/h1-3,8-9,14H,4-7,10H2,(H,24,28). The molecular formula is C18H17Cl2F3N4O2. The summed E-state index contributed by atoms with van der Waals surface area (Å²) in [5, 5.41) is 3.15. The highest BCUT2D eigenvalue weighted by molar-refractivity contribution is 6.43. The molecule has 0 aliphatic carbocycles. The molecule has 11 heteroatoms. The third-order valence-corrected chi connectivity index (χ3v) is 5.27. The van der Waals surface area contributed by atoms with Crippen molar-refractivity contribution in [2.24, 2.45) is 0 Å². The zero-order valence-corrected chi connectivity index (χ0v) is 16.6. The molecule has 0 saturated carbocycles. The number of benzene rings is 1. The maximum atomic E-state index is 12.8. The first kappa shape index (κ1) is 21.8. The van der Waals surface area contributed by atoms with Crippen LogP contribution in [0.3, 0.4) is 0 Å². The van der Waals surface area contributed by atoms with E-state index in [4.69, 9.17) is 27.9 Å². The van der Waals surface area contributed by atoms with E-state index in [2.05, 4.69) is 15.3 Å². The minimum absolute atomic E-state index is 0.121. The zero-order valence-electron chi connectivity index (χ0n) is 15.0. The number of amides is 1. The number of nitrogens with zero attached hydrogens (tertiary/aromatic N) is 3. The summed E-state index contributed by atoms with van der Waals surface area (Å²) in [5.74, 6) is -1.65. The summed E-state index contributed by atoms with van der Waals surface area (Å²) in [4.78, 5) is 21.4. The summed E-state index contributed by atoms with van der Waals surface area (Å²) < 4.78 is 43.6. The molecule has 1 atom stereocenters. The smallest absolute Gasteiger partial charge is 0.379 e. The molecule has 1 N–H and O–H groups in total. The lowest BCUT2D eigenvalue weighted by Gasteiger charge is -2.34. The Morgan fingerprint density at radius 3 is 2.48 bits per heavy atom. The third kappa shape index (κ3) is 5.36. The van der Waals surface area contributed by atoms with Crippen molar-refractivity contribution in [1.29, 1.82) is 0 Å². The number of hydrogen-bond donors (Lipinski definition) is 1. The molecular weight excluding hydrogens is 432 g/mol. The van der Waals surface area contributed by atoms with E-state index in [-0.39, 0.29) is 22.2 Å². The predicted molar refractivity (Wildman–Crippen MR) is 101 cm³/mol. The summed E-state index contributed by atoms with van der Waals surface area (Å²) in [6, 6.07) is 4.28. The van der Waals surface area contributed by atoms with E-state index in [1.807, 2.05) is 4.90 Å². The van der Waals surface area contributed by atoms with Crippen molar-refractivity contribution in [1.82, 2.24) is 20.2 Å². The van der Waals surface area contributed by atoms with Crippen LogP contribution < -0.4 is 5.32 Å². The van der Waals surface area contributed by atoms with Crippen LogP contribution >= 0.6 is 23.2 Å². The highest BCUT2D eigenvalue weighted by Gasteiger charge is 2.35. The molecule has 1 aliphatic rings. The number of aromatic nitrogens is 2. The summed E-state index contributed by atoms with van der Waals surface area (Å²) in [6.45, 7) is 2.19. The van der Waals surface area contributed by atoms with Crippen molar-refractivity contribution in [3.8, 4) is 0 Å². The molecule has 156 valence electrons. The average molecular weight is 449 g/mol. The van der Waals surface area contributed by atoms with Gasteiger partial charge in [0.15, 0.2) is 0 Å². The van der Waals surface area contributed by atoms with Crippen LogP contribution in [0.25, 0.3) is 0 Å². The van der Waals surface area contributed by atoms with Crippen LogP contribution in [-0.2, 0) is 10.9 Å². The monoisotopic (exact) mass is 448 g/mol. The number of rotatable bonds is 5. The summed E-state index contributed by atoms with van der Waals surface area (Å²) >= 11 is 12.0. The topological polar surface area (TPSA) is 67.4 Å². The molecule has 1 amide bonds. The maximum absolute atomic E-state index is 12.8. The normalized spacial score (nSPS) is 16.4. The second-order valence-electron chi connectivity index (χ2n) is 6.31. The number of hydrogen-bond acceptors (Lipinski definition) is 5. The van der Waals surface area contributed by atoms with Crippen molar-refractivity contribution in [3.63, 3.8) is 0 Å². The van der Waals surface area contributed by atoms with Gasteiger partial charge in [-0.3, -0.25) is 9.69 Å². The van der Waals surface area contributed by atoms with Gasteiger partial charge in [0, 0.05) is 37.6 Å². The van der Waals surface area contributed by atoms with Crippen LogP contribution in [0, 0.1) is 0 Å². The van der Waals surface area contributed by atoms with Gasteiger partial charge in [-0.25, -0.2) is 9.97 Å². The molecule has 1 unspecified atom stereocenters. The lowest BCUT2D eigenvalue weighted by atomic mass is 10.1. The number of carbonyl (C=O) groups excluding carboxylic acids is 1. The molecule has 1 aromatic heterocycles. The molecule has 2 aromatic rings. The van der Waals surface area contributed by atoms with Crippen molar-refractivity contribution in [3.05, 3.63) is 57.6 Å². The Bertz CT molecular complexity index is 859. The molecule has 1 aliphatic heterocycles. The van der Waals surface area contributed by atoms with Crippen LogP contribution in [0.2, 0.25) is 10.0 Å². The molecule has 6 nitrogen and oxygen atoms in total. The van der Waals surface area contributed by atoms with Gasteiger partial charge >= 0.3 is 6.18 Å². The Labute approximate surface area is 175 Å². The molecule has 1 aromatic carbocycles. The minimum Gasteiger partial charge on any atom is -0.379 e. The molecule has 29 heavy (non-hydrogen) atoms. The number of carbonyl (C=O) groups is 1. The second-order valence-corrected chi connectivity index (χ2v) is 7.10. The highest BCUT2D eigenvalue weighted by atomic mass is 35.5.